The van der Waals surface area contributed by atoms with Gasteiger partial charge in [-0.25, -0.2) is 18.1 Å². The van der Waals surface area contributed by atoms with Crippen LogP contribution in [-0.2, 0) is 14.8 Å². The van der Waals surface area contributed by atoms with E-state index in [1.807, 2.05) is 18.4 Å². The van der Waals surface area contributed by atoms with E-state index in [-0.39, 0.29) is 23.8 Å². The van der Waals surface area contributed by atoms with Gasteiger partial charge in [0.05, 0.1) is 22.2 Å². The van der Waals surface area contributed by atoms with Crippen LogP contribution in [0.5, 0.6) is 5.75 Å². The molecule has 3 rings (SSSR count). The van der Waals surface area contributed by atoms with Gasteiger partial charge < -0.3 is 10.1 Å². The van der Waals surface area contributed by atoms with Crippen LogP contribution in [0.25, 0.3) is 10.2 Å². The highest BCUT2D eigenvalue weighted by molar-refractivity contribution is 8.00. The number of rotatable bonds is 8. The van der Waals surface area contributed by atoms with Crippen LogP contribution >= 0.6 is 23.1 Å². The summed E-state index contributed by atoms with van der Waals surface area (Å²) >= 11 is 3.14. The van der Waals surface area contributed by atoms with Crippen LogP contribution in [0.1, 0.15) is 6.42 Å². The number of carbonyl (C=O) groups excluding carboxylic acids is 1. The molecule has 148 valence electrons. The van der Waals surface area contributed by atoms with Gasteiger partial charge in [0.15, 0.2) is 4.34 Å². The van der Waals surface area contributed by atoms with E-state index < -0.39 is 10.0 Å². The first-order valence-corrected chi connectivity index (χ1v) is 11.8. The molecule has 0 radical (unpaired) electrons. The lowest BCUT2D eigenvalue weighted by Crippen LogP contribution is -2.27. The molecule has 0 atom stereocenters. The largest absolute Gasteiger partial charge is 0.497 e. The number of hydrogen-bond donors (Lipinski definition) is 2. The molecule has 0 saturated carbocycles. The van der Waals surface area contributed by atoms with E-state index >= 15 is 0 Å². The summed E-state index contributed by atoms with van der Waals surface area (Å²) in [4.78, 5) is 16.7. The minimum atomic E-state index is -3.68. The lowest BCUT2D eigenvalue weighted by atomic mass is 10.3. The molecular weight excluding hydrogens is 418 g/mol. The quantitative estimate of drug-likeness (QED) is 0.525. The summed E-state index contributed by atoms with van der Waals surface area (Å²) in [6.07, 6.45) is 1.99. The molecule has 0 saturated heterocycles. The van der Waals surface area contributed by atoms with E-state index in [0.29, 0.717) is 11.4 Å². The zero-order chi connectivity index (χ0) is 20.1. The third-order valence-electron chi connectivity index (χ3n) is 3.84. The number of thiazole rings is 1. The normalized spacial score (nSPS) is 11.5. The first-order chi connectivity index (χ1) is 13.4. The molecule has 1 heterocycles. The van der Waals surface area contributed by atoms with E-state index in [9.17, 15) is 13.2 Å². The Morgan fingerprint density at radius 1 is 1.21 bits per heavy atom. The number of anilines is 1. The van der Waals surface area contributed by atoms with Crippen molar-refractivity contribution in [1.82, 2.24) is 9.71 Å². The lowest BCUT2D eigenvalue weighted by molar-refractivity contribution is -0.116. The Hall–Kier alpha value is -2.14. The smallest absolute Gasteiger partial charge is 0.240 e. The van der Waals surface area contributed by atoms with Crippen molar-refractivity contribution in [2.24, 2.45) is 0 Å². The molecular formula is C18H19N3O4S3. The maximum Gasteiger partial charge on any atom is 0.240 e. The van der Waals surface area contributed by atoms with Crippen molar-refractivity contribution in [3.05, 3.63) is 42.5 Å². The zero-order valence-corrected chi connectivity index (χ0v) is 17.7. The molecule has 3 aromatic rings. The number of benzene rings is 2. The van der Waals surface area contributed by atoms with Crippen molar-refractivity contribution in [3.63, 3.8) is 0 Å². The van der Waals surface area contributed by atoms with Crippen molar-refractivity contribution in [2.75, 3.05) is 25.2 Å². The average molecular weight is 438 g/mol. The second kappa shape index (κ2) is 8.91. The SMILES string of the molecule is COc1ccc(S(=O)(=O)NCCC(=O)Nc2ccc3nc(SC)sc3c2)cc1. The molecule has 10 heteroatoms. The Morgan fingerprint density at radius 2 is 1.96 bits per heavy atom. The highest BCUT2D eigenvalue weighted by Crippen LogP contribution is 2.30. The number of sulfonamides is 1. The molecule has 0 aliphatic rings. The number of ether oxygens (including phenoxy) is 1. The number of methoxy groups -OCH3 is 1. The minimum Gasteiger partial charge on any atom is -0.497 e. The monoisotopic (exact) mass is 437 g/mol. The number of thioether (sulfide) groups is 1. The first-order valence-electron chi connectivity index (χ1n) is 8.29. The summed E-state index contributed by atoms with van der Waals surface area (Å²) in [5.74, 6) is 0.298. The summed E-state index contributed by atoms with van der Waals surface area (Å²) < 4.78 is 33.9. The van der Waals surface area contributed by atoms with Crippen LogP contribution in [0.4, 0.5) is 5.69 Å². The number of fused-ring (bicyclic) bond motifs is 1. The Bertz CT molecular complexity index is 1080. The maximum atomic E-state index is 12.3. The molecule has 0 bridgehead atoms. The van der Waals surface area contributed by atoms with Gasteiger partial charge in [0, 0.05) is 18.7 Å². The number of aromatic nitrogens is 1. The zero-order valence-electron chi connectivity index (χ0n) is 15.3. The molecule has 0 fully saturated rings. The molecule has 2 aromatic carbocycles. The fourth-order valence-electron chi connectivity index (χ4n) is 2.43. The average Bonchev–Trinajstić information content (AvgIpc) is 3.10. The van der Waals surface area contributed by atoms with Crippen LogP contribution in [0.15, 0.2) is 51.7 Å². The molecule has 0 unspecified atom stereocenters. The van der Waals surface area contributed by atoms with Crippen molar-refractivity contribution in [1.29, 1.82) is 0 Å². The standard InChI is InChI=1S/C18H19N3O4S3/c1-25-13-4-6-14(7-5-13)28(23,24)19-10-9-17(22)20-12-3-8-15-16(11-12)27-18(21-15)26-2/h3-8,11,19H,9-10H2,1-2H3,(H,20,22). The van der Waals surface area contributed by atoms with Crippen molar-refractivity contribution in [3.8, 4) is 5.75 Å². The number of hydrogen-bond acceptors (Lipinski definition) is 7. The van der Waals surface area contributed by atoms with Crippen LogP contribution in [-0.4, -0.2) is 39.2 Å². The molecule has 2 N–H and O–H groups in total. The number of carbonyl (C=O) groups is 1. The van der Waals surface area contributed by atoms with Crippen LogP contribution < -0.4 is 14.8 Å². The maximum absolute atomic E-state index is 12.3. The molecule has 0 spiro atoms. The predicted octanol–water partition coefficient (Wildman–Crippen LogP) is 3.33. The molecule has 0 aliphatic heterocycles. The van der Waals surface area contributed by atoms with Crippen LogP contribution in [0.3, 0.4) is 0 Å². The van der Waals surface area contributed by atoms with E-state index in [2.05, 4.69) is 15.0 Å². The third kappa shape index (κ3) is 5.02. The molecule has 0 aliphatic carbocycles. The highest BCUT2D eigenvalue weighted by atomic mass is 32.2. The summed E-state index contributed by atoms with van der Waals surface area (Å²) in [5, 5.41) is 2.78. The molecule has 1 amide bonds. The molecule has 28 heavy (non-hydrogen) atoms. The van der Waals surface area contributed by atoms with Gasteiger partial charge in [0.1, 0.15) is 5.75 Å². The van der Waals surface area contributed by atoms with Gasteiger partial charge in [-0.05, 0) is 48.7 Å². The Balaban J connectivity index is 1.55. The Labute approximate surface area is 171 Å². The Kier molecular flexibility index (Phi) is 6.55. The van der Waals surface area contributed by atoms with E-state index in [0.717, 1.165) is 14.6 Å². The van der Waals surface area contributed by atoms with Gasteiger partial charge in [-0.3, -0.25) is 4.79 Å². The van der Waals surface area contributed by atoms with Gasteiger partial charge >= 0.3 is 0 Å². The summed E-state index contributed by atoms with van der Waals surface area (Å²) in [6, 6.07) is 11.5. The van der Waals surface area contributed by atoms with Gasteiger partial charge in [-0.15, -0.1) is 11.3 Å². The number of amides is 1. The van der Waals surface area contributed by atoms with Gasteiger partial charge in [0.2, 0.25) is 15.9 Å². The predicted molar refractivity (Wildman–Crippen MR) is 113 cm³/mol. The minimum absolute atomic E-state index is 0.000376. The van der Waals surface area contributed by atoms with Gasteiger partial charge in [-0.2, -0.15) is 0 Å². The topological polar surface area (TPSA) is 97.4 Å². The van der Waals surface area contributed by atoms with E-state index in [4.69, 9.17) is 4.74 Å². The van der Waals surface area contributed by atoms with E-state index in [1.54, 1.807) is 41.3 Å². The van der Waals surface area contributed by atoms with Gasteiger partial charge in [0.25, 0.3) is 0 Å². The lowest BCUT2D eigenvalue weighted by Gasteiger charge is -2.08. The van der Waals surface area contributed by atoms with Crippen molar-refractivity contribution in [2.45, 2.75) is 15.7 Å². The summed E-state index contributed by atoms with van der Waals surface area (Å²) in [6.45, 7) is -0.000376. The fourth-order valence-corrected chi connectivity index (χ4v) is 4.99. The summed E-state index contributed by atoms with van der Waals surface area (Å²) in [5.41, 5.74) is 1.55. The Morgan fingerprint density at radius 3 is 2.64 bits per heavy atom. The number of nitrogens with one attached hydrogen (secondary N) is 2. The second-order valence-corrected chi connectivity index (χ2v) is 9.59. The number of nitrogens with zero attached hydrogens (tertiary/aromatic N) is 1. The molecule has 1 aromatic heterocycles. The van der Waals surface area contributed by atoms with Crippen molar-refractivity contribution < 1.29 is 17.9 Å². The van der Waals surface area contributed by atoms with Crippen molar-refractivity contribution >= 4 is 54.9 Å². The fraction of sp³-hybridized carbons (Fsp3) is 0.222. The highest BCUT2D eigenvalue weighted by Gasteiger charge is 2.14. The van der Waals surface area contributed by atoms with Crippen LogP contribution in [0, 0.1) is 0 Å². The second-order valence-electron chi connectivity index (χ2n) is 5.74. The first kappa shape index (κ1) is 20.6. The molecule has 7 nitrogen and oxygen atoms in total. The summed E-state index contributed by atoms with van der Waals surface area (Å²) in [7, 11) is -2.17. The third-order valence-corrected chi connectivity index (χ3v) is 7.32. The van der Waals surface area contributed by atoms with Gasteiger partial charge in [-0.1, -0.05) is 11.8 Å². The van der Waals surface area contributed by atoms with Crippen LogP contribution in [0.2, 0.25) is 0 Å². The van der Waals surface area contributed by atoms with E-state index in [1.165, 1.54) is 19.2 Å².